The average molecular weight is 255 g/mol. The fraction of sp³-hybridized carbons (Fsp3) is 0.500. The summed E-state index contributed by atoms with van der Waals surface area (Å²) in [5.41, 5.74) is 0.702. The highest BCUT2D eigenvalue weighted by Gasteiger charge is 2.42. The topological polar surface area (TPSA) is 66.4 Å². The molecule has 0 unspecified atom stereocenters. The Kier molecular flexibility index (Phi) is 3.25. The lowest BCUT2D eigenvalue weighted by molar-refractivity contribution is 0.213. The molecule has 0 saturated heterocycles. The summed E-state index contributed by atoms with van der Waals surface area (Å²) >= 11 is 0. The molecular formula is C12H17NO3S. The van der Waals surface area contributed by atoms with Gasteiger partial charge in [-0.1, -0.05) is 12.1 Å². The summed E-state index contributed by atoms with van der Waals surface area (Å²) < 4.78 is 26.5. The van der Waals surface area contributed by atoms with Crippen molar-refractivity contribution in [2.75, 3.05) is 13.2 Å². The van der Waals surface area contributed by atoms with Gasteiger partial charge in [0.05, 0.1) is 4.90 Å². The maximum Gasteiger partial charge on any atom is 0.240 e. The Morgan fingerprint density at radius 3 is 2.65 bits per heavy atom. The minimum atomic E-state index is -3.45. The molecular weight excluding hydrogens is 238 g/mol. The molecule has 17 heavy (non-hydrogen) atoms. The third kappa shape index (κ3) is 2.86. The number of sulfonamides is 1. The summed E-state index contributed by atoms with van der Waals surface area (Å²) in [6, 6.07) is 6.80. The zero-order valence-electron chi connectivity index (χ0n) is 9.81. The second-order valence-electron chi connectivity index (χ2n) is 4.80. The summed E-state index contributed by atoms with van der Waals surface area (Å²) in [6.07, 6.45) is 1.78. The summed E-state index contributed by atoms with van der Waals surface area (Å²) in [5.74, 6) is 0. The van der Waals surface area contributed by atoms with Crippen molar-refractivity contribution in [3.05, 3.63) is 29.8 Å². The van der Waals surface area contributed by atoms with Crippen molar-refractivity contribution in [3.63, 3.8) is 0 Å². The molecule has 0 radical (unpaired) electrons. The van der Waals surface area contributed by atoms with Crippen LogP contribution in [0.25, 0.3) is 0 Å². The van der Waals surface area contributed by atoms with Crippen LogP contribution in [0.5, 0.6) is 0 Å². The second-order valence-corrected chi connectivity index (χ2v) is 6.57. The maximum absolute atomic E-state index is 12.0. The first-order valence-corrected chi connectivity index (χ1v) is 7.13. The van der Waals surface area contributed by atoms with Gasteiger partial charge in [0.25, 0.3) is 0 Å². The molecule has 1 fully saturated rings. The quantitative estimate of drug-likeness (QED) is 0.826. The predicted molar refractivity (Wildman–Crippen MR) is 65.1 cm³/mol. The van der Waals surface area contributed by atoms with Crippen LogP contribution in [0.3, 0.4) is 0 Å². The van der Waals surface area contributed by atoms with Crippen molar-refractivity contribution >= 4 is 10.0 Å². The third-order valence-electron chi connectivity index (χ3n) is 3.23. The van der Waals surface area contributed by atoms with Gasteiger partial charge in [0, 0.05) is 18.6 Å². The van der Waals surface area contributed by atoms with Gasteiger partial charge in [-0.2, -0.15) is 0 Å². The Morgan fingerprint density at radius 1 is 1.41 bits per heavy atom. The molecule has 0 aromatic heterocycles. The van der Waals surface area contributed by atoms with Crippen LogP contribution in [0.4, 0.5) is 0 Å². The highest BCUT2D eigenvalue weighted by molar-refractivity contribution is 7.89. The number of benzene rings is 1. The normalized spacial score (nSPS) is 18.0. The van der Waals surface area contributed by atoms with E-state index < -0.39 is 10.0 Å². The zero-order valence-corrected chi connectivity index (χ0v) is 10.6. The lowest BCUT2D eigenvalue weighted by atomic mass is 10.1. The van der Waals surface area contributed by atoms with Crippen LogP contribution in [0, 0.1) is 12.3 Å². The smallest absolute Gasteiger partial charge is 0.240 e. The van der Waals surface area contributed by atoms with Crippen LogP contribution in [0.15, 0.2) is 29.2 Å². The molecule has 1 aliphatic rings. The minimum Gasteiger partial charge on any atom is -0.396 e. The van der Waals surface area contributed by atoms with Crippen LogP contribution in [0.1, 0.15) is 18.4 Å². The van der Waals surface area contributed by atoms with Crippen molar-refractivity contribution in [2.45, 2.75) is 24.7 Å². The number of rotatable bonds is 5. The fourth-order valence-electron chi connectivity index (χ4n) is 1.68. The third-order valence-corrected chi connectivity index (χ3v) is 4.63. The van der Waals surface area contributed by atoms with E-state index in [1.165, 1.54) is 0 Å². The molecule has 0 spiro atoms. The Balaban J connectivity index is 2.09. The molecule has 5 heteroatoms. The molecule has 0 bridgehead atoms. The van der Waals surface area contributed by atoms with Gasteiger partial charge in [-0.3, -0.25) is 0 Å². The Hall–Kier alpha value is -0.910. The number of hydrogen-bond donors (Lipinski definition) is 2. The Morgan fingerprint density at radius 2 is 2.12 bits per heavy atom. The molecule has 94 valence electrons. The van der Waals surface area contributed by atoms with E-state index in [4.69, 9.17) is 5.11 Å². The standard InChI is InChI=1S/C12H17NO3S/c1-10-3-2-4-11(7-10)17(15,16)13-8-12(9-14)5-6-12/h2-4,7,13-14H,5-6,8-9H2,1H3. The van der Waals surface area contributed by atoms with Gasteiger partial charge in [-0.25, -0.2) is 13.1 Å². The number of hydrogen-bond acceptors (Lipinski definition) is 3. The fourth-order valence-corrected chi connectivity index (χ4v) is 2.94. The van der Waals surface area contributed by atoms with Crippen molar-refractivity contribution in [3.8, 4) is 0 Å². The van der Waals surface area contributed by atoms with Gasteiger partial charge in [0.1, 0.15) is 0 Å². The van der Waals surface area contributed by atoms with E-state index in [2.05, 4.69) is 4.72 Å². The molecule has 1 aliphatic carbocycles. The first-order chi connectivity index (χ1) is 7.97. The number of aryl methyl sites for hydroxylation is 1. The van der Waals surface area contributed by atoms with Gasteiger partial charge >= 0.3 is 0 Å². The van der Waals surface area contributed by atoms with Gasteiger partial charge < -0.3 is 5.11 Å². The van der Waals surface area contributed by atoms with E-state index in [-0.39, 0.29) is 16.9 Å². The molecule has 1 aromatic carbocycles. The van der Waals surface area contributed by atoms with E-state index in [0.717, 1.165) is 18.4 Å². The van der Waals surface area contributed by atoms with Crippen molar-refractivity contribution in [1.82, 2.24) is 4.72 Å². The summed E-state index contributed by atoms with van der Waals surface area (Å²) in [6.45, 7) is 2.22. The molecule has 0 aliphatic heterocycles. The van der Waals surface area contributed by atoms with E-state index >= 15 is 0 Å². The van der Waals surface area contributed by atoms with Gasteiger partial charge in [0.2, 0.25) is 10.0 Å². The van der Waals surface area contributed by atoms with Crippen LogP contribution in [0.2, 0.25) is 0 Å². The van der Waals surface area contributed by atoms with Crippen LogP contribution < -0.4 is 4.72 Å². The first kappa shape index (κ1) is 12.5. The van der Waals surface area contributed by atoms with Gasteiger partial charge in [-0.15, -0.1) is 0 Å². The predicted octanol–water partition coefficient (Wildman–Crippen LogP) is 1.05. The largest absolute Gasteiger partial charge is 0.396 e. The number of aliphatic hydroxyl groups excluding tert-OH is 1. The van der Waals surface area contributed by atoms with E-state index in [1.54, 1.807) is 18.2 Å². The molecule has 2 N–H and O–H groups in total. The Bertz CT molecular complexity index is 506. The van der Waals surface area contributed by atoms with Gasteiger partial charge in [0.15, 0.2) is 0 Å². The second kappa shape index (κ2) is 4.40. The highest BCUT2D eigenvalue weighted by atomic mass is 32.2. The summed E-state index contributed by atoms with van der Waals surface area (Å²) in [7, 11) is -3.45. The molecule has 1 aromatic rings. The molecule has 0 amide bonds. The maximum atomic E-state index is 12.0. The van der Waals surface area contributed by atoms with E-state index in [0.29, 0.717) is 6.54 Å². The first-order valence-electron chi connectivity index (χ1n) is 5.65. The van der Waals surface area contributed by atoms with E-state index in [9.17, 15) is 8.42 Å². The molecule has 2 rings (SSSR count). The molecule has 0 heterocycles. The van der Waals surface area contributed by atoms with Gasteiger partial charge in [-0.05, 0) is 37.5 Å². The lowest BCUT2D eigenvalue weighted by Gasteiger charge is -2.13. The Labute approximate surface area is 102 Å². The number of nitrogens with one attached hydrogen (secondary N) is 1. The molecule has 1 saturated carbocycles. The SMILES string of the molecule is Cc1cccc(S(=O)(=O)NCC2(CO)CC2)c1. The highest BCUT2D eigenvalue weighted by Crippen LogP contribution is 2.44. The van der Waals surface area contributed by atoms with Crippen LogP contribution >= 0.6 is 0 Å². The lowest BCUT2D eigenvalue weighted by Crippen LogP contribution is -2.31. The summed E-state index contributed by atoms with van der Waals surface area (Å²) in [4.78, 5) is 0.284. The number of aliphatic hydroxyl groups is 1. The monoisotopic (exact) mass is 255 g/mol. The van der Waals surface area contributed by atoms with Crippen molar-refractivity contribution in [2.24, 2.45) is 5.41 Å². The average Bonchev–Trinajstić information content (AvgIpc) is 3.07. The summed E-state index contributed by atoms with van der Waals surface area (Å²) in [5, 5.41) is 9.13. The van der Waals surface area contributed by atoms with Crippen molar-refractivity contribution < 1.29 is 13.5 Å². The zero-order chi connectivity index (χ0) is 12.5. The minimum absolute atomic E-state index is 0.0450. The molecule has 0 atom stereocenters. The van der Waals surface area contributed by atoms with E-state index in [1.807, 2.05) is 13.0 Å². The van der Waals surface area contributed by atoms with Crippen LogP contribution in [-0.2, 0) is 10.0 Å². The molecule has 4 nitrogen and oxygen atoms in total. The van der Waals surface area contributed by atoms with Crippen LogP contribution in [-0.4, -0.2) is 26.7 Å². The van der Waals surface area contributed by atoms with Crippen molar-refractivity contribution in [1.29, 1.82) is 0 Å².